The van der Waals surface area contributed by atoms with E-state index in [0.717, 1.165) is 75.2 Å². The van der Waals surface area contributed by atoms with Crippen LogP contribution in [0.4, 0.5) is 5.69 Å². The minimum absolute atomic E-state index is 0.0492. The van der Waals surface area contributed by atoms with Crippen LogP contribution in [0, 0.1) is 28.6 Å². The zero-order valence-electron chi connectivity index (χ0n) is 25.8. The Morgan fingerprint density at radius 1 is 1.02 bits per heavy atom. The molecule has 7 unspecified atom stereocenters. The molecule has 7 heteroatoms. The first-order chi connectivity index (χ1) is 20.2. The van der Waals surface area contributed by atoms with Gasteiger partial charge in [-0.15, -0.1) is 0 Å². The molecule has 0 radical (unpaired) electrons. The molecule has 5 aliphatic rings. The van der Waals surface area contributed by atoms with Crippen molar-refractivity contribution in [1.29, 1.82) is 0 Å². The molecule has 1 aromatic rings. The second-order valence-corrected chi connectivity index (χ2v) is 14.2. The zero-order valence-corrected chi connectivity index (χ0v) is 25.8. The number of anilines is 1. The first kappa shape index (κ1) is 29.9. The molecular weight excluding hydrogens is 526 g/mol. The van der Waals surface area contributed by atoms with Crippen molar-refractivity contribution in [3.63, 3.8) is 0 Å². The fourth-order valence-corrected chi connectivity index (χ4v) is 9.51. The molecule has 0 aromatic heterocycles. The number of oxime groups is 1. The minimum Gasteiger partial charge on any atom is -0.393 e. The highest BCUT2D eigenvalue weighted by atomic mass is 16.6. The molecule has 3 N–H and O–H groups in total. The third-order valence-corrected chi connectivity index (χ3v) is 11.9. The van der Waals surface area contributed by atoms with E-state index in [9.17, 15) is 15.3 Å². The van der Waals surface area contributed by atoms with Crippen LogP contribution in [0.1, 0.15) is 71.3 Å². The Morgan fingerprint density at radius 3 is 2.57 bits per heavy atom. The number of β-amino-alcohol motifs (C(OH)–C–C–N with tert-alkyl or cyclic N) is 1. The van der Waals surface area contributed by atoms with Crippen molar-refractivity contribution in [2.45, 2.75) is 84.5 Å². The number of aliphatic hydroxyl groups is 3. The van der Waals surface area contributed by atoms with E-state index in [1.54, 1.807) is 0 Å². The van der Waals surface area contributed by atoms with E-state index in [-0.39, 0.29) is 30.1 Å². The molecule has 1 heterocycles. The highest BCUT2D eigenvalue weighted by Gasteiger charge is 2.57. The Balaban J connectivity index is 1.00. The number of allylic oxidation sites excluding steroid dienone is 3. The third kappa shape index (κ3) is 5.47. The summed E-state index contributed by atoms with van der Waals surface area (Å²) in [5, 5.41) is 35.2. The maximum absolute atomic E-state index is 10.7. The second-order valence-electron chi connectivity index (χ2n) is 14.2. The Morgan fingerprint density at radius 2 is 1.79 bits per heavy atom. The zero-order chi connectivity index (χ0) is 29.5. The summed E-state index contributed by atoms with van der Waals surface area (Å²) in [6.07, 6.45) is 11.8. The van der Waals surface area contributed by atoms with Crippen molar-refractivity contribution < 1.29 is 20.2 Å². The highest BCUT2D eigenvalue weighted by Crippen LogP contribution is 2.65. The molecule has 1 saturated heterocycles. The summed E-state index contributed by atoms with van der Waals surface area (Å²) in [6, 6.07) is 8.03. The van der Waals surface area contributed by atoms with Gasteiger partial charge in [-0.3, -0.25) is 4.90 Å². The number of hydrogen-bond donors (Lipinski definition) is 3. The number of nitrogens with zero attached hydrogens (tertiary/aromatic N) is 3. The first-order valence-electron chi connectivity index (χ1n) is 16.3. The molecule has 2 saturated carbocycles. The average molecular weight is 578 g/mol. The summed E-state index contributed by atoms with van der Waals surface area (Å²) in [6.45, 7) is 11.3. The number of rotatable bonds is 8. The predicted octanol–water partition coefficient (Wildman–Crippen LogP) is 4.91. The molecule has 0 bridgehead atoms. The fraction of sp³-hybridized carbons (Fsp3) is 0.686. The van der Waals surface area contributed by atoms with Crippen molar-refractivity contribution in [3.8, 4) is 0 Å². The van der Waals surface area contributed by atoms with Gasteiger partial charge < -0.3 is 25.1 Å². The van der Waals surface area contributed by atoms with E-state index in [0.29, 0.717) is 24.3 Å². The lowest BCUT2D eigenvalue weighted by Gasteiger charge is -2.57. The summed E-state index contributed by atoms with van der Waals surface area (Å²) in [5.74, 6) is 2.03. The number of aliphatic hydroxyl groups excluding tert-OH is 3. The molecule has 3 fully saturated rings. The van der Waals surface area contributed by atoms with Gasteiger partial charge in [0.15, 0.2) is 0 Å². The molecule has 0 amide bonds. The van der Waals surface area contributed by atoms with Gasteiger partial charge in [0, 0.05) is 44.0 Å². The maximum atomic E-state index is 10.7. The molecule has 230 valence electrons. The number of hydrogen-bond acceptors (Lipinski definition) is 7. The van der Waals surface area contributed by atoms with Crippen LogP contribution in [0.2, 0.25) is 0 Å². The van der Waals surface area contributed by atoms with Crippen LogP contribution < -0.4 is 4.90 Å². The maximum Gasteiger partial charge on any atom is 0.144 e. The Bertz CT molecular complexity index is 1220. The lowest BCUT2D eigenvalue weighted by Crippen LogP contribution is -2.50. The molecule has 7 atom stereocenters. The van der Waals surface area contributed by atoms with Crippen molar-refractivity contribution in [2.75, 3.05) is 44.2 Å². The molecular formula is C35H51N3O4. The second kappa shape index (κ2) is 12.1. The van der Waals surface area contributed by atoms with E-state index in [1.165, 1.54) is 24.0 Å². The monoisotopic (exact) mass is 577 g/mol. The third-order valence-electron chi connectivity index (χ3n) is 11.9. The van der Waals surface area contributed by atoms with Gasteiger partial charge in [0.2, 0.25) is 0 Å². The largest absolute Gasteiger partial charge is 0.393 e. The van der Waals surface area contributed by atoms with Crippen LogP contribution in [-0.2, 0) is 11.4 Å². The van der Waals surface area contributed by atoms with Crippen molar-refractivity contribution in [2.24, 2.45) is 33.7 Å². The summed E-state index contributed by atoms with van der Waals surface area (Å²) >= 11 is 0. The quantitative estimate of drug-likeness (QED) is 0.231. The Hall–Kier alpha value is -2.19. The SMILES string of the molecule is C/C(=N/OCC(O)CN1CCN(c2ccccc2CO)CC1)C1=CCC2C3CC=C4CC(O)CCC4(C)C3CCC12C. The van der Waals surface area contributed by atoms with Gasteiger partial charge in [0.1, 0.15) is 12.7 Å². The number of benzene rings is 1. The van der Waals surface area contributed by atoms with Gasteiger partial charge in [-0.25, -0.2) is 0 Å². The molecule has 1 aromatic carbocycles. The van der Waals surface area contributed by atoms with Crippen LogP contribution in [0.5, 0.6) is 0 Å². The normalized spacial score (nSPS) is 36.0. The molecule has 0 spiro atoms. The summed E-state index contributed by atoms with van der Waals surface area (Å²) in [5.41, 5.74) is 6.27. The molecule has 6 rings (SSSR count). The number of para-hydroxylation sites is 1. The lowest BCUT2D eigenvalue weighted by molar-refractivity contribution is -0.0281. The van der Waals surface area contributed by atoms with Crippen LogP contribution in [0.15, 0.2) is 52.7 Å². The number of piperazine rings is 1. The van der Waals surface area contributed by atoms with E-state index >= 15 is 0 Å². The van der Waals surface area contributed by atoms with E-state index in [2.05, 4.69) is 53.9 Å². The van der Waals surface area contributed by atoms with Crippen molar-refractivity contribution >= 4 is 11.4 Å². The highest BCUT2D eigenvalue weighted by molar-refractivity contribution is 5.99. The fourth-order valence-electron chi connectivity index (χ4n) is 9.51. The van der Waals surface area contributed by atoms with E-state index in [4.69, 9.17) is 4.84 Å². The van der Waals surface area contributed by atoms with Gasteiger partial charge in [0.05, 0.1) is 18.4 Å². The van der Waals surface area contributed by atoms with Crippen LogP contribution >= 0.6 is 0 Å². The molecule has 42 heavy (non-hydrogen) atoms. The standard InChI is InChI=1S/C35H51N3O4/c1-24(36-42-23-28(41)21-37-16-18-38(19-17-37)33-7-5-4-6-25(33)22-39)30-10-11-31-29-9-8-26-20-27(40)12-14-34(26,2)32(29)13-15-35(30,31)3/h4-8,10,27-29,31-32,39-41H,9,11-23H2,1-3H3/b36-24-. The molecule has 1 aliphatic heterocycles. The van der Waals surface area contributed by atoms with Gasteiger partial charge in [-0.1, -0.05) is 54.9 Å². The van der Waals surface area contributed by atoms with Crippen molar-refractivity contribution in [1.82, 2.24) is 4.90 Å². The van der Waals surface area contributed by atoms with Gasteiger partial charge in [-0.2, -0.15) is 0 Å². The van der Waals surface area contributed by atoms with E-state index in [1.807, 2.05) is 18.2 Å². The van der Waals surface area contributed by atoms with E-state index < -0.39 is 6.10 Å². The summed E-state index contributed by atoms with van der Waals surface area (Å²) in [4.78, 5) is 10.4. The molecule has 7 nitrogen and oxygen atoms in total. The van der Waals surface area contributed by atoms with Crippen LogP contribution in [-0.4, -0.2) is 77.5 Å². The van der Waals surface area contributed by atoms with Gasteiger partial charge >= 0.3 is 0 Å². The topological polar surface area (TPSA) is 88.8 Å². The predicted molar refractivity (Wildman–Crippen MR) is 167 cm³/mol. The first-order valence-corrected chi connectivity index (χ1v) is 16.3. The summed E-state index contributed by atoms with van der Waals surface area (Å²) < 4.78 is 0. The number of fused-ring (bicyclic) bond motifs is 5. The molecule has 4 aliphatic carbocycles. The minimum atomic E-state index is -0.591. The lowest BCUT2D eigenvalue weighted by atomic mass is 9.47. The summed E-state index contributed by atoms with van der Waals surface area (Å²) in [7, 11) is 0. The van der Waals surface area contributed by atoms with Crippen LogP contribution in [0.3, 0.4) is 0 Å². The average Bonchev–Trinajstić information content (AvgIpc) is 3.35. The van der Waals surface area contributed by atoms with Gasteiger partial charge in [0.25, 0.3) is 0 Å². The van der Waals surface area contributed by atoms with Crippen molar-refractivity contribution in [3.05, 3.63) is 53.1 Å². The Kier molecular flexibility index (Phi) is 8.58. The van der Waals surface area contributed by atoms with Gasteiger partial charge in [-0.05, 0) is 92.1 Å². The van der Waals surface area contributed by atoms with Crippen LogP contribution in [0.25, 0.3) is 0 Å². The smallest absolute Gasteiger partial charge is 0.144 e. The Labute approximate surface area is 251 Å².